The molecule has 44 heavy (non-hydrogen) atoms. The lowest BCUT2D eigenvalue weighted by molar-refractivity contribution is -0.254. The molecule has 4 rings (SSSR count). The topological polar surface area (TPSA) is 55.6 Å². The molecule has 232 valence electrons. The molecule has 4 nitrogen and oxygen atoms in total. The van der Waals surface area contributed by atoms with Gasteiger partial charge in [0.1, 0.15) is 22.9 Å². The Morgan fingerprint density at radius 2 is 1.36 bits per heavy atom. The second-order valence-electron chi connectivity index (χ2n) is 9.68. The second kappa shape index (κ2) is 12.6. The lowest BCUT2D eigenvalue weighted by atomic mass is 9.75. The third-order valence-corrected chi connectivity index (χ3v) is 6.76. The molecule has 2 N–H and O–H groups in total. The summed E-state index contributed by atoms with van der Waals surface area (Å²) in [5, 5.41) is 0. The fourth-order valence-electron chi connectivity index (χ4n) is 4.80. The van der Waals surface area contributed by atoms with Crippen LogP contribution in [0.1, 0.15) is 32.6 Å². The van der Waals surface area contributed by atoms with Gasteiger partial charge < -0.3 is 10.5 Å². The number of nitrogens with zero attached hydrogens (tertiary/aromatic N) is 1. The summed E-state index contributed by atoms with van der Waals surface area (Å²) in [7, 11) is 0. The number of hydrogen-bond acceptors (Lipinski definition) is 3. The molecule has 1 amide bonds. The lowest BCUT2D eigenvalue weighted by Gasteiger charge is -2.46. The Morgan fingerprint density at radius 3 is 1.91 bits per heavy atom. The predicted molar refractivity (Wildman–Crippen MR) is 142 cm³/mol. The van der Waals surface area contributed by atoms with Crippen molar-refractivity contribution in [3.63, 3.8) is 0 Å². The maximum absolute atomic E-state index is 15.3. The molecule has 4 aromatic carbocycles. The maximum atomic E-state index is 15.3. The van der Waals surface area contributed by atoms with Gasteiger partial charge in [-0.1, -0.05) is 54.6 Å². The zero-order valence-electron chi connectivity index (χ0n) is 22.5. The number of rotatable bonds is 10. The van der Waals surface area contributed by atoms with Gasteiger partial charge in [0.05, 0.1) is 0 Å². The van der Waals surface area contributed by atoms with Crippen LogP contribution in [0.4, 0.5) is 39.5 Å². The van der Waals surface area contributed by atoms with E-state index < -0.39 is 70.1 Å². The van der Waals surface area contributed by atoms with Crippen molar-refractivity contribution in [1.82, 2.24) is 4.90 Å². The number of amides is 1. The van der Waals surface area contributed by atoms with Crippen LogP contribution in [0.15, 0.2) is 97.1 Å². The Hall–Kier alpha value is -4.52. The van der Waals surface area contributed by atoms with E-state index in [1.165, 1.54) is 48.5 Å². The van der Waals surface area contributed by atoms with Crippen LogP contribution in [0, 0.1) is 11.6 Å². The first-order valence-corrected chi connectivity index (χ1v) is 12.8. The molecule has 0 saturated carbocycles. The van der Waals surface area contributed by atoms with Gasteiger partial charge in [-0.15, -0.1) is 13.2 Å². The summed E-state index contributed by atoms with van der Waals surface area (Å²) in [5.41, 5.74) is 1.89. The zero-order chi connectivity index (χ0) is 32.3. The summed E-state index contributed by atoms with van der Waals surface area (Å²) in [4.78, 5) is 13.3. The molecule has 0 aromatic heterocycles. The molecule has 0 unspecified atom stereocenters. The number of halogens is 9. The van der Waals surface area contributed by atoms with Crippen LogP contribution >= 0.6 is 0 Å². The van der Waals surface area contributed by atoms with E-state index >= 15 is 17.6 Å². The average molecular weight is 627 g/mol. The molecule has 4 aromatic rings. The summed E-state index contributed by atoms with van der Waals surface area (Å²) < 4.78 is 132. The normalized spacial score (nSPS) is 13.4. The number of hydrogen-bond donors (Lipinski definition) is 1. The SMILES string of the molecule is NCc1ccc([C@](Cc2ccccc2)(c2cc(F)cc(OC(F)(F)C(F)F)c2)N(C(=O)c2ccc(F)cc2)C(F)(F)F)cc1. The Kier molecular flexibility index (Phi) is 9.28. The van der Waals surface area contributed by atoms with Crippen molar-refractivity contribution in [1.29, 1.82) is 0 Å². The van der Waals surface area contributed by atoms with Crippen molar-refractivity contribution in [2.45, 2.75) is 37.3 Å². The largest absolute Gasteiger partial charge is 0.488 e. The van der Waals surface area contributed by atoms with Crippen molar-refractivity contribution < 1.29 is 49.0 Å². The summed E-state index contributed by atoms with van der Waals surface area (Å²) >= 11 is 0. The van der Waals surface area contributed by atoms with Crippen LogP contribution in [0.2, 0.25) is 0 Å². The average Bonchev–Trinajstić information content (AvgIpc) is 2.96. The molecule has 0 spiro atoms. The third kappa shape index (κ3) is 6.83. The van der Waals surface area contributed by atoms with Gasteiger partial charge in [-0.3, -0.25) is 4.79 Å². The van der Waals surface area contributed by atoms with E-state index in [0.717, 1.165) is 24.3 Å². The van der Waals surface area contributed by atoms with Crippen molar-refractivity contribution in [3.05, 3.63) is 137 Å². The third-order valence-electron chi connectivity index (χ3n) is 6.76. The Labute approximate surface area is 245 Å². The van der Waals surface area contributed by atoms with E-state index in [1.807, 2.05) is 0 Å². The van der Waals surface area contributed by atoms with Crippen molar-refractivity contribution in [2.75, 3.05) is 0 Å². The minimum absolute atomic E-state index is 0.0237. The molecule has 0 bridgehead atoms. The highest BCUT2D eigenvalue weighted by molar-refractivity contribution is 5.95. The summed E-state index contributed by atoms with van der Waals surface area (Å²) in [6.45, 7) is -0.0237. The van der Waals surface area contributed by atoms with Crippen LogP contribution in [-0.2, 0) is 18.5 Å². The Bertz CT molecular complexity index is 1580. The predicted octanol–water partition coefficient (Wildman–Crippen LogP) is 7.81. The van der Waals surface area contributed by atoms with Gasteiger partial charge in [-0.2, -0.15) is 17.6 Å². The molecule has 0 saturated heterocycles. The molecule has 0 aliphatic heterocycles. The van der Waals surface area contributed by atoms with E-state index in [9.17, 15) is 26.7 Å². The van der Waals surface area contributed by atoms with Crippen molar-refractivity contribution >= 4 is 5.91 Å². The summed E-state index contributed by atoms with van der Waals surface area (Å²) in [5.74, 6) is -5.20. The first kappa shape index (κ1) is 32.4. The molecule has 1 atom stereocenters. The molecule has 0 fully saturated rings. The minimum Gasteiger partial charge on any atom is -0.428 e. The molecule has 13 heteroatoms. The highest BCUT2D eigenvalue weighted by Crippen LogP contribution is 2.47. The van der Waals surface area contributed by atoms with E-state index in [-0.39, 0.29) is 17.7 Å². The van der Waals surface area contributed by atoms with Crippen molar-refractivity contribution in [2.24, 2.45) is 5.73 Å². The van der Waals surface area contributed by atoms with Crippen LogP contribution in [0.3, 0.4) is 0 Å². The van der Waals surface area contributed by atoms with Crippen LogP contribution in [0.5, 0.6) is 5.75 Å². The van der Waals surface area contributed by atoms with Gasteiger partial charge in [0.25, 0.3) is 5.91 Å². The van der Waals surface area contributed by atoms with E-state index in [1.54, 1.807) is 6.07 Å². The van der Waals surface area contributed by atoms with Gasteiger partial charge in [-0.05, 0) is 58.7 Å². The number of carbonyl (C=O) groups excluding carboxylic acids is 1. The standard InChI is InChI=1S/C31H23F9N2O2/c32-24-12-8-21(9-13-24)27(43)42(31(38,39)40)29(17-19-4-2-1-3-5-19,22-10-6-20(18-41)7-11-22)23-14-25(33)16-26(15-23)44-30(36,37)28(34)35/h1-16,28H,17-18,41H2/t29-/m1/s1. The quantitative estimate of drug-likeness (QED) is 0.144. The van der Waals surface area contributed by atoms with Gasteiger partial charge in [0.15, 0.2) is 0 Å². The monoisotopic (exact) mass is 626 g/mol. The Morgan fingerprint density at radius 1 is 0.750 bits per heavy atom. The number of carbonyl (C=O) groups is 1. The van der Waals surface area contributed by atoms with E-state index in [0.29, 0.717) is 23.8 Å². The Balaban J connectivity index is 2.11. The first-order chi connectivity index (χ1) is 20.7. The van der Waals surface area contributed by atoms with Crippen molar-refractivity contribution in [3.8, 4) is 5.75 Å². The minimum atomic E-state index is -5.55. The zero-order valence-corrected chi connectivity index (χ0v) is 22.5. The summed E-state index contributed by atoms with van der Waals surface area (Å²) in [6.07, 6.45) is -15.8. The van der Waals surface area contributed by atoms with E-state index in [2.05, 4.69) is 4.74 Å². The van der Waals surface area contributed by atoms with Gasteiger partial charge in [0, 0.05) is 24.6 Å². The van der Waals surface area contributed by atoms with E-state index in [4.69, 9.17) is 5.73 Å². The number of nitrogens with two attached hydrogens (primary N) is 1. The second-order valence-corrected chi connectivity index (χ2v) is 9.68. The number of benzene rings is 4. The lowest BCUT2D eigenvalue weighted by Crippen LogP contribution is -2.58. The molecule has 0 aliphatic rings. The van der Waals surface area contributed by atoms with Gasteiger partial charge in [-0.25, -0.2) is 13.7 Å². The van der Waals surface area contributed by atoms with Gasteiger partial charge in [0.2, 0.25) is 0 Å². The highest BCUT2D eigenvalue weighted by Gasteiger charge is 2.56. The fraction of sp³-hybridized carbons (Fsp3) is 0.194. The van der Waals surface area contributed by atoms with Crippen LogP contribution in [0.25, 0.3) is 0 Å². The number of ether oxygens (including phenoxy) is 1. The molecule has 0 heterocycles. The smallest absolute Gasteiger partial charge is 0.428 e. The van der Waals surface area contributed by atoms with Crippen LogP contribution in [-0.4, -0.2) is 29.6 Å². The molecular weight excluding hydrogens is 603 g/mol. The van der Waals surface area contributed by atoms with Gasteiger partial charge >= 0.3 is 18.8 Å². The summed E-state index contributed by atoms with van der Waals surface area (Å²) in [6, 6.07) is 17.0. The first-order valence-electron chi connectivity index (χ1n) is 12.8. The molecular formula is C31H23F9N2O2. The molecule has 0 radical (unpaired) electrons. The maximum Gasteiger partial charge on any atom is 0.488 e. The fourth-order valence-corrected chi connectivity index (χ4v) is 4.80. The highest BCUT2D eigenvalue weighted by atomic mass is 19.4. The molecule has 0 aliphatic carbocycles. The van der Waals surface area contributed by atoms with Crippen LogP contribution < -0.4 is 10.5 Å². The number of alkyl halides is 7.